The summed E-state index contributed by atoms with van der Waals surface area (Å²) in [6, 6.07) is 0. The Balaban J connectivity index is 1.91. The van der Waals surface area contributed by atoms with E-state index >= 15 is 0 Å². The van der Waals surface area contributed by atoms with Gasteiger partial charge in [0, 0.05) is 13.1 Å². The Morgan fingerprint density at radius 1 is 1.50 bits per heavy atom. The van der Waals surface area contributed by atoms with E-state index in [1.807, 2.05) is 7.05 Å². The third-order valence-electron chi connectivity index (χ3n) is 5.00. The largest absolute Gasteiger partial charge is 0.373 e. The van der Waals surface area contributed by atoms with Crippen LogP contribution in [-0.2, 0) is 9.53 Å². The van der Waals surface area contributed by atoms with Crippen LogP contribution in [-0.4, -0.2) is 55.2 Å². The fraction of sp³-hybridized carbons (Fsp3) is 0.933. The molecule has 20 heavy (non-hydrogen) atoms. The molecule has 2 rings (SSSR count). The maximum atomic E-state index is 11.8. The Hall–Kier alpha value is -0.650. The minimum Gasteiger partial charge on any atom is -0.373 e. The highest BCUT2D eigenvalue weighted by atomic mass is 16.5. The number of amides is 1. The molecule has 0 aromatic rings. The summed E-state index contributed by atoms with van der Waals surface area (Å²) in [6.07, 6.45) is 4.08. The number of carbonyl (C=O) groups excluding carboxylic acids is 1. The van der Waals surface area contributed by atoms with Gasteiger partial charge in [-0.3, -0.25) is 9.69 Å². The van der Waals surface area contributed by atoms with Gasteiger partial charge in [-0.25, -0.2) is 0 Å². The molecule has 0 radical (unpaired) electrons. The van der Waals surface area contributed by atoms with Crippen molar-refractivity contribution in [1.29, 1.82) is 0 Å². The Morgan fingerprint density at radius 3 is 2.85 bits per heavy atom. The van der Waals surface area contributed by atoms with E-state index in [9.17, 15) is 4.79 Å². The Kier molecular flexibility index (Phi) is 4.72. The van der Waals surface area contributed by atoms with Crippen molar-refractivity contribution in [3.63, 3.8) is 0 Å². The number of likely N-dealkylation sites (N-methyl/N-ethyl adjacent to an activating group) is 1. The molecule has 0 spiro atoms. The summed E-state index contributed by atoms with van der Waals surface area (Å²) >= 11 is 0. The SMILES string of the molecule is CNC1(C(N)=O)CCCC1CCN1CCOC(C)(C)C1. The van der Waals surface area contributed by atoms with Crippen molar-refractivity contribution in [2.45, 2.75) is 50.7 Å². The van der Waals surface area contributed by atoms with Crippen LogP contribution < -0.4 is 11.1 Å². The van der Waals surface area contributed by atoms with Crippen molar-refractivity contribution < 1.29 is 9.53 Å². The van der Waals surface area contributed by atoms with E-state index in [1.54, 1.807) is 0 Å². The Bertz CT molecular complexity index is 359. The first-order chi connectivity index (χ1) is 9.39. The third kappa shape index (κ3) is 3.15. The summed E-state index contributed by atoms with van der Waals surface area (Å²) in [5.41, 5.74) is 5.11. The number of nitrogens with one attached hydrogen (secondary N) is 1. The lowest BCUT2D eigenvalue weighted by molar-refractivity contribution is -0.126. The number of rotatable bonds is 5. The van der Waals surface area contributed by atoms with Gasteiger partial charge in [0.15, 0.2) is 0 Å². The van der Waals surface area contributed by atoms with Crippen molar-refractivity contribution in [1.82, 2.24) is 10.2 Å². The predicted molar refractivity (Wildman–Crippen MR) is 79.4 cm³/mol. The molecule has 0 bridgehead atoms. The monoisotopic (exact) mass is 283 g/mol. The number of hydrogen-bond donors (Lipinski definition) is 2. The molecular formula is C15H29N3O2. The second kappa shape index (κ2) is 6.00. The van der Waals surface area contributed by atoms with Crippen molar-refractivity contribution in [2.75, 3.05) is 33.3 Å². The van der Waals surface area contributed by atoms with Gasteiger partial charge in [0.2, 0.25) is 5.91 Å². The predicted octanol–water partition coefficient (Wildman–Crippen LogP) is 0.731. The molecule has 1 aliphatic carbocycles. The fourth-order valence-electron chi connectivity index (χ4n) is 3.89. The number of ether oxygens (including phenoxy) is 1. The van der Waals surface area contributed by atoms with Crippen LogP contribution >= 0.6 is 0 Å². The van der Waals surface area contributed by atoms with Crippen LogP contribution in [0.2, 0.25) is 0 Å². The van der Waals surface area contributed by atoms with Gasteiger partial charge in [-0.15, -0.1) is 0 Å². The molecule has 1 saturated heterocycles. The third-order valence-corrected chi connectivity index (χ3v) is 5.00. The first kappa shape index (κ1) is 15.7. The lowest BCUT2D eigenvalue weighted by Gasteiger charge is -2.39. The van der Waals surface area contributed by atoms with E-state index in [0.717, 1.165) is 51.9 Å². The first-order valence-electron chi connectivity index (χ1n) is 7.75. The number of hydrogen-bond acceptors (Lipinski definition) is 4. The van der Waals surface area contributed by atoms with Crippen LogP contribution in [0, 0.1) is 5.92 Å². The number of carbonyl (C=O) groups is 1. The average molecular weight is 283 g/mol. The highest BCUT2D eigenvalue weighted by Gasteiger charge is 2.46. The summed E-state index contributed by atoms with van der Waals surface area (Å²) in [4.78, 5) is 14.3. The van der Waals surface area contributed by atoms with Crippen LogP contribution in [0.15, 0.2) is 0 Å². The number of nitrogens with two attached hydrogens (primary N) is 1. The summed E-state index contributed by atoms with van der Waals surface area (Å²) < 4.78 is 5.74. The zero-order valence-corrected chi connectivity index (χ0v) is 13.1. The number of morpholine rings is 1. The summed E-state index contributed by atoms with van der Waals surface area (Å²) in [5, 5.41) is 3.21. The maximum absolute atomic E-state index is 11.8. The van der Waals surface area contributed by atoms with Gasteiger partial charge in [0.05, 0.1) is 12.2 Å². The standard InChI is InChI=1S/C15H29N3O2/c1-14(2)11-18(9-10-20-14)8-6-12-5-4-7-15(12,17-3)13(16)19/h12,17H,4-11H2,1-3H3,(H2,16,19). The number of primary amides is 1. The lowest BCUT2D eigenvalue weighted by atomic mass is 9.84. The van der Waals surface area contributed by atoms with Gasteiger partial charge >= 0.3 is 0 Å². The smallest absolute Gasteiger partial charge is 0.238 e. The molecule has 3 N–H and O–H groups in total. The van der Waals surface area contributed by atoms with Gasteiger partial charge in [0.25, 0.3) is 0 Å². The Labute approximate surface area is 122 Å². The lowest BCUT2D eigenvalue weighted by Crippen LogP contribution is -2.57. The highest BCUT2D eigenvalue weighted by Crippen LogP contribution is 2.37. The molecule has 2 atom stereocenters. The van der Waals surface area contributed by atoms with E-state index in [1.165, 1.54) is 0 Å². The molecule has 0 aromatic carbocycles. The number of nitrogens with zero attached hydrogens (tertiary/aromatic N) is 1. The molecular weight excluding hydrogens is 254 g/mol. The molecule has 5 heteroatoms. The van der Waals surface area contributed by atoms with Crippen LogP contribution in [0.5, 0.6) is 0 Å². The molecule has 1 saturated carbocycles. The molecule has 1 aliphatic heterocycles. The zero-order valence-electron chi connectivity index (χ0n) is 13.1. The van der Waals surface area contributed by atoms with Gasteiger partial charge in [0.1, 0.15) is 5.54 Å². The minimum atomic E-state index is -0.484. The zero-order chi connectivity index (χ0) is 14.8. The van der Waals surface area contributed by atoms with Gasteiger partial charge in [-0.05, 0) is 52.6 Å². The van der Waals surface area contributed by atoms with Crippen LogP contribution in [0.3, 0.4) is 0 Å². The Morgan fingerprint density at radius 2 is 2.25 bits per heavy atom. The van der Waals surface area contributed by atoms with Crippen molar-refractivity contribution >= 4 is 5.91 Å². The summed E-state index contributed by atoms with van der Waals surface area (Å²) in [7, 11) is 1.86. The average Bonchev–Trinajstić information content (AvgIpc) is 2.79. The summed E-state index contributed by atoms with van der Waals surface area (Å²) in [5.74, 6) is 0.167. The topological polar surface area (TPSA) is 67.6 Å². The maximum Gasteiger partial charge on any atom is 0.238 e. The van der Waals surface area contributed by atoms with E-state index in [-0.39, 0.29) is 11.5 Å². The second-order valence-corrected chi connectivity index (χ2v) is 6.85. The second-order valence-electron chi connectivity index (χ2n) is 6.85. The molecule has 2 fully saturated rings. The van der Waals surface area contributed by atoms with Crippen molar-refractivity contribution in [2.24, 2.45) is 11.7 Å². The van der Waals surface area contributed by atoms with Gasteiger partial charge < -0.3 is 15.8 Å². The first-order valence-corrected chi connectivity index (χ1v) is 7.75. The fourth-order valence-corrected chi connectivity index (χ4v) is 3.89. The van der Waals surface area contributed by atoms with Crippen LogP contribution in [0.1, 0.15) is 39.5 Å². The molecule has 116 valence electrons. The van der Waals surface area contributed by atoms with Gasteiger partial charge in [-0.2, -0.15) is 0 Å². The summed E-state index contributed by atoms with van der Waals surface area (Å²) in [6.45, 7) is 8.03. The van der Waals surface area contributed by atoms with E-state index in [2.05, 4.69) is 24.1 Å². The van der Waals surface area contributed by atoms with Crippen molar-refractivity contribution in [3.05, 3.63) is 0 Å². The van der Waals surface area contributed by atoms with Crippen LogP contribution in [0.4, 0.5) is 0 Å². The highest BCUT2D eigenvalue weighted by molar-refractivity contribution is 5.85. The molecule has 1 heterocycles. The van der Waals surface area contributed by atoms with Gasteiger partial charge in [-0.1, -0.05) is 6.42 Å². The quantitative estimate of drug-likeness (QED) is 0.780. The minimum absolute atomic E-state index is 0.0578. The molecule has 2 unspecified atom stereocenters. The van der Waals surface area contributed by atoms with E-state index in [0.29, 0.717) is 5.92 Å². The van der Waals surface area contributed by atoms with Crippen LogP contribution in [0.25, 0.3) is 0 Å². The molecule has 1 amide bonds. The molecule has 5 nitrogen and oxygen atoms in total. The van der Waals surface area contributed by atoms with E-state index < -0.39 is 5.54 Å². The normalized spacial score (nSPS) is 34.2. The van der Waals surface area contributed by atoms with E-state index in [4.69, 9.17) is 10.5 Å². The molecule has 2 aliphatic rings. The van der Waals surface area contributed by atoms with Crippen molar-refractivity contribution in [3.8, 4) is 0 Å². The molecule has 0 aromatic heterocycles.